The lowest BCUT2D eigenvalue weighted by molar-refractivity contribution is -0.136. The van der Waals surface area contributed by atoms with E-state index in [0.717, 1.165) is 17.1 Å². The molecule has 1 N–H and O–H groups in total. The van der Waals surface area contributed by atoms with Crippen LogP contribution in [-0.2, 0) is 4.79 Å². The second-order valence-corrected chi connectivity index (χ2v) is 7.19. The van der Waals surface area contributed by atoms with Crippen molar-refractivity contribution in [3.8, 4) is 5.75 Å². The Kier molecular flexibility index (Phi) is 4.91. The molecule has 1 aromatic carbocycles. The summed E-state index contributed by atoms with van der Waals surface area (Å²) < 4.78 is 5.51. The molecule has 2 atom stereocenters. The van der Waals surface area contributed by atoms with E-state index in [9.17, 15) is 9.59 Å². The van der Waals surface area contributed by atoms with Gasteiger partial charge >= 0.3 is 6.03 Å². The number of carbonyl (C=O) groups excluding carboxylic acids is 2. The smallest absolute Gasteiger partial charge is 0.328 e. The van der Waals surface area contributed by atoms with Crippen molar-refractivity contribution in [2.45, 2.75) is 32.5 Å². The molecule has 0 radical (unpaired) electrons. The van der Waals surface area contributed by atoms with Gasteiger partial charge in [0.25, 0.3) is 5.91 Å². The number of allylic oxidation sites excluding steroid dienone is 1. The molecule has 9 nitrogen and oxygen atoms in total. The summed E-state index contributed by atoms with van der Waals surface area (Å²) in [4.78, 5) is 37.0. The highest BCUT2D eigenvalue weighted by molar-refractivity contribution is 6.09. The van der Waals surface area contributed by atoms with Crippen molar-refractivity contribution in [3.05, 3.63) is 36.2 Å². The maximum Gasteiger partial charge on any atom is 0.328 e. The van der Waals surface area contributed by atoms with Crippen LogP contribution >= 0.6 is 0 Å². The SMILES string of the molecule is CCOc1ccc(N2C(C)=CN3C2=NC2C3C(=O)N(CCCO)C(=O)N2C)cc1. The normalized spacial score (nSPS) is 23.3. The van der Waals surface area contributed by atoms with Crippen molar-refractivity contribution in [2.24, 2.45) is 4.99 Å². The first-order valence-corrected chi connectivity index (χ1v) is 9.74. The van der Waals surface area contributed by atoms with Crippen molar-refractivity contribution in [1.29, 1.82) is 0 Å². The van der Waals surface area contributed by atoms with Crippen molar-refractivity contribution < 1.29 is 19.4 Å². The number of hydrogen-bond donors (Lipinski definition) is 1. The van der Waals surface area contributed by atoms with Crippen LogP contribution in [0, 0.1) is 0 Å². The van der Waals surface area contributed by atoms with Gasteiger partial charge in [-0.1, -0.05) is 0 Å². The van der Waals surface area contributed by atoms with Gasteiger partial charge in [-0.05, 0) is 44.5 Å². The van der Waals surface area contributed by atoms with Gasteiger partial charge < -0.3 is 19.6 Å². The summed E-state index contributed by atoms with van der Waals surface area (Å²) >= 11 is 0. The number of aliphatic imine (C=N–C) groups is 1. The second-order valence-electron chi connectivity index (χ2n) is 7.19. The summed E-state index contributed by atoms with van der Waals surface area (Å²) in [7, 11) is 1.66. The predicted molar refractivity (Wildman–Crippen MR) is 107 cm³/mol. The Morgan fingerprint density at radius 1 is 1.21 bits per heavy atom. The minimum Gasteiger partial charge on any atom is -0.494 e. The lowest BCUT2D eigenvalue weighted by Crippen LogP contribution is -2.64. The van der Waals surface area contributed by atoms with Crippen LogP contribution in [0.4, 0.5) is 10.5 Å². The number of likely N-dealkylation sites (N-methyl/N-ethyl adjacent to an activating group) is 1. The predicted octanol–water partition coefficient (Wildman–Crippen LogP) is 1.41. The fourth-order valence-corrected chi connectivity index (χ4v) is 3.97. The van der Waals surface area contributed by atoms with Crippen molar-refractivity contribution in [3.63, 3.8) is 0 Å². The molecule has 1 aromatic rings. The number of anilines is 1. The number of hydrogen-bond acceptors (Lipinski definition) is 7. The van der Waals surface area contributed by atoms with E-state index in [1.807, 2.05) is 54.1 Å². The van der Waals surface area contributed by atoms with Crippen LogP contribution < -0.4 is 9.64 Å². The van der Waals surface area contributed by atoms with Gasteiger partial charge in [-0.15, -0.1) is 0 Å². The van der Waals surface area contributed by atoms with Crippen LogP contribution in [0.15, 0.2) is 41.2 Å². The molecule has 3 aliphatic rings. The molecule has 9 heteroatoms. The van der Waals surface area contributed by atoms with Crippen molar-refractivity contribution in [2.75, 3.05) is 31.7 Å². The number of ether oxygens (including phenoxy) is 1. The molecule has 0 bridgehead atoms. The number of guanidine groups is 1. The van der Waals surface area contributed by atoms with E-state index < -0.39 is 12.2 Å². The molecule has 0 aromatic heterocycles. The maximum absolute atomic E-state index is 13.1. The number of carbonyl (C=O) groups is 2. The quantitative estimate of drug-likeness (QED) is 0.778. The Bertz CT molecular complexity index is 881. The Labute approximate surface area is 169 Å². The Balaban J connectivity index is 1.64. The van der Waals surface area contributed by atoms with Crippen LogP contribution in [0.25, 0.3) is 0 Å². The molecule has 2 unspecified atom stereocenters. The number of urea groups is 1. The summed E-state index contributed by atoms with van der Waals surface area (Å²) in [6.07, 6.45) is 1.67. The van der Waals surface area contributed by atoms with Crippen LogP contribution in [0.1, 0.15) is 20.3 Å². The highest BCUT2D eigenvalue weighted by atomic mass is 16.5. The summed E-state index contributed by atoms with van der Waals surface area (Å²) in [5.41, 5.74) is 1.83. The molecule has 0 saturated carbocycles. The highest BCUT2D eigenvalue weighted by Crippen LogP contribution is 2.36. The Morgan fingerprint density at radius 3 is 2.59 bits per heavy atom. The van der Waals surface area contributed by atoms with E-state index >= 15 is 0 Å². The van der Waals surface area contributed by atoms with Gasteiger partial charge in [0.2, 0.25) is 5.96 Å². The van der Waals surface area contributed by atoms with E-state index in [1.54, 1.807) is 7.05 Å². The zero-order valence-electron chi connectivity index (χ0n) is 16.8. The molecule has 4 rings (SSSR count). The monoisotopic (exact) mass is 399 g/mol. The summed E-state index contributed by atoms with van der Waals surface area (Å²) in [5.74, 6) is 1.12. The minimum absolute atomic E-state index is 0.0785. The number of benzene rings is 1. The van der Waals surface area contributed by atoms with Crippen molar-refractivity contribution in [1.82, 2.24) is 14.7 Å². The van der Waals surface area contributed by atoms with E-state index in [2.05, 4.69) is 0 Å². The number of aliphatic hydroxyl groups excluding tert-OH is 1. The van der Waals surface area contributed by atoms with E-state index in [0.29, 0.717) is 19.0 Å². The first kappa shape index (κ1) is 19.3. The Morgan fingerprint density at radius 2 is 1.93 bits per heavy atom. The third kappa shape index (κ3) is 3.02. The number of imide groups is 1. The highest BCUT2D eigenvalue weighted by Gasteiger charge is 2.54. The van der Waals surface area contributed by atoms with E-state index in [1.165, 1.54) is 9.80 Å². The molecule has 0 aliphatic carbocycles. The van der Waals surface area contributed by atoms with E-state index in [-0.39, 0.29) is 25.1 Å². The Hall–Kier alpha value is -3.07. The zero-order valence-corrected chi connectivity index (χ0v) is 16.8. The second kappa shape index (κ2) is 7.40. The standard InChI is InChI=1S/C20H25N5O4/c1-4-29-15-8-6-14(7-9-15)25-13(2)12-24-16-17(21-19(24)25)22(3)20(28)23(18(16)27)10-5-11-26/h6-9,12,16-17,26H,4-5,10-11H2,1-3H3. The summed E-state index contributed by atoms with van der Waals surface area (Å²) in [5, 5.41) is 9.10. The number of fused-ring (bicyclic) bond motifs is 3. The van der Waals surface area contributed by atoms with Gasteiger partial charge in [-0.2, -0.15) is 0 Å². The molecule has 1 saturated heterocycles. The molecular weight excluding hydrogens is 374 g/mol. The first-order valence-electron chi connectivity index (χ1n) is 9.74. The number of rotatable bonds is 6. The fraction of sp³-hybridized carbons (Fsp3) is 0.450. The largest absolute Gasteiger partial charge is 0.494 e. The molecular formula is C20H25N5O4. The van der Waals surface area contributed by atoms with Gasteiger partial charge in [0.1, 0.15) is 5.75 Å². The fourth-order valence-electron chi connectivity index (χ4n) is 3.97. The van der Waals surface area contributed by atoms with Gasteiger partial charge in [0.05, 0.1) is 6.61 Å². The zero-order chi connectivity index (χ0) is 20.7. The molecule has 0 spiro atoms. The lowest BCUT2D eigenvalue weighted by Gasteiger charge is -2.40. The van der Waals surface area contributed by atoms with Crippen LogP contribution in [0.5, 0.6) is 5.75 Å². The third-order valence-corrected chi connectivity index (χ3v) is 5.33. The average molecular weight is 399 g/mol. The lowest BCUT2D eigenvalue weighted by atomic mass is 10.1. The molecule has 3 amide bonds. The number of amides is 3. The molecule has 29 heavy (non-hydrogen) atoms. The van der Waals surface area contributed by atoms with Crippen LogP contribution in [0.2, 0.25) is 0 Å². The van der Waals surface area contributed by atoms with E-state index in [4.69, 9.17) is 14.8 Å². The van der Waals surface area contributed by atoms with Gasteiger partial charge in [0.15, 0.2) is 12.2 Å². The van der Waals surface area contributed by atoms with Gasteiger partial charge in [-0.25, -0.2) is 9.79 Å². The number of aliphatic hydroxyl groups is 1. The topological polar surface area (TPSA) is 88.9 Å². The third-order valence-electron chi connectivity index (χ3n) is 5.33. The van der Waals surface area contributed by atoms with Crippen LogP contribution in [0.3, 0.4) is 0 Å². The van der Waals surface area contributed by atoms with Crippen molar-refractivity contribution >= 4 is 23.6 Å². The maximum atomic E-state index is 13.1. The molecule has 154 valence electrons. The first-order chi connectivity index (χ1) is 14.0. The minimum atomic E-state index is -0.603. The van der Waals surface area contributed by atoms with Crippen LogP contribution in [-0.4, -0.2) is 76.7 Å². The molecule has 3 aliphatic heterocycles. The average Bonchev–Trinajstić information content (AvgIpc) is 3.22. The summed E-state index contributed by atoms with van der Waals surface area (Å²) in [6.45, 7) is 4.60. The van der Waals surface area contributed by atoms with Gasteiger partial charge in [-0.3, -0.25) is 14.6 Å². The number of nitrogens with zero attached hydrogens (tertiary/aromatic N) is 5. The molecule has 1 fully saturated rings. The van der Waals surface area contributed by atoms with Gasteiger partial charge in [0, 0.05) is 37.8 Å². The molecule has 3 heterocycles. The summed E-state index contributed by atoms with van der Waals surface area (Å²) in [6, 6.07) is 6.70.